The highest BCUT2D eigenvalue weighted by Gasteiger charge is 2.44. The van der Waals surface area contributed by atoms with Gasteiger partial charge >= 0.3 is 0 Å². The predicted octanol–water partition coefficient (Wildman–Crippen LogP) is 2.30. The minimum atomic E-state index is -0.408. The lowest BCUT2D eigenvalue weighted by Crippen LogP contribution is -2.52. The number of carbonyl (C=O) groups is 2. The van der Waals surface area contributed by atoms with Gasteiger partial charge in [0, 0.05) is 13.1 Å². The third-order valence-electron chi connectivity index (χ3n) is 4.07. The maximum atomic E-state index is 12.3. The summed E-state index contributed by atoms with van der Waals surface area (Å²) in [4.78, 5) is 29.4. The summed E-state index contributed by atoms with van der Waals surface area (Å²) in [5.41, 5.74) is 2.12. The van der Waals surface area contributed by atoms with E-state index < -0.39 is 5.41 Å². The van der Waals surface area contributed by atoms with Crippen molar-refractivity contribution in [2.45, 2.75) is 46.0 Å². The standard InChI is InChI=1S/C15H23N3O2S/c1-4-16-14(20)15(6-5-7-15)8-17-13(19)12-11(10(2)3)18-9-21-12/h9-10H,4-8H2,1-3H3,(H,16,20)(H,17,19). The number of nitrogens with zero attached hydrogens (tertiary/aromatic N) is 1. The third-order valence-corrected chi connectivity index (χ3v) is 4.91. The monoisotopic (exact) mass is 309 g/mol. The molecule has 0 spiro atoms. The summed E-state index contributed by atoms with van der Waals surface area (Å²) in [6.45, 7) is 6.99. The quantitative estimate of drug-likeness (QED) is 0.847. The maximum Gasteiger partial charge on any atom is 0.263 e. The number of hydrogen-bond donors (Lipinski definition) is 2. The zero-order valence-corrected chi connectivity index (χ0v) is 13.7. The minimum Gasteiger partial charge on any atom is -0.356 e. The minimum absolute atomic E-state index is 0.0601. The van der Waals surface area contributed by atoms with Gasteiger partial charge in [0.1, 0.15) is 4.88 Å². The molecule has 2 rings (SSSR count). The molecule has 1 heterocycles. The fourth-order valence-electron chi connectivity index (χ4n) is 2.60. The first-order valence-corrected chi connectivity index (χ1v) is 8.38. The lowest BCUT2D eigenvalue weighted by atomic mass is 9.68. The summed E-state index contributed by atoms with van der Waals surface area (Å²) < 4.78 is 0. The van der Waals surface area contributed by atoms with Crippen molar-refractivity contribution in [2.24, 2.45) is 5.41 Å². The Morgan fingerprint density at radius 1 is 1.38 bits per heavy atom. The van der Waals surface area contributed by atoms with Gasteiger partial charge in [-0.25, -0.2) is 4.98 Å². The van der Waals surface area contributed by atoms with Crippen molar-refractivity contribution in [1.29, 1.82) is 0 Å². The van der Waals surface area contributed by atoms with Gasteiger partial charge in [-0.1, -0.05) is 20.3 Å². The van der Waals surface area contributed by atoms with E-state index in [0.29, 0.717) is 18.0 Å². The van der Waals surface area contributed by atoms with Gasteiger partial charge in [-0.3, -0.25) is 9.59 Å². The zero-order valence-electron chi connectivity index (χ0n) is 12.9. The van der Waals surface area contributed by atoms with Crippen molar-refractivity contribution in [3.8, 4) is 0 Å². The topological polar surface area (TPSA) is 71.1 Å². The van der Waals surface area contributed by atoms with Crippen LogP contribution in [0.4, 0.5) is 0 Å². The molecule has 0 saturated heterocycles. The Morgan fingerprint density at radius 2 is 2.10 bits per heavy atom. The summed E-state index contributed by atoms with van der Waals surface area (Å²) in [5, 5.41) is 5.81. The van der Waals surface area contributed by atoms with Gasteiger partial charge in [0.15, 0.2) is 0 Å². The fraction of sp³-hybridized carbons (Fsp3) is 0.667. The highest BCUT2D eigenvalue weighted by Crippen LogP contribution is 2.40. The normalized spacial score (nSPS) is 16.4. The first-order chi connectivity index (χ1) is 10.00. The van der Waals surface area contributed by atoms with Crippen LogP contribution in [0.25, 0.3) is 0 Å². The molecular weight excluding hydrogens is 286 g/mol. The van der Waals surface area contributed by atoms with E-state index in [-0.39, 0.29) is 17.7 Å². The summed E-state index contributed by atoms with van der Waals surface area (Å²) in [5.74, 6) is 0.166. The lowest BCUT2D eigenvalue weighted by molar-refractivity contribution is -0.135. The molecule has 0 radical (unpaired) electrons. The van der Waals surface area contributed by atoms with Crippen LogP contribution in [-0.2, 0) is 4.79 Å². The Morgan fingerprint density at radius 3 is 2.62 bits per heavy atom. The van der Waals surface area contributed by atoms with Gasteiger partial charge in [-0.05, 0) is 25.7 Å². The molecule has 1 aromatic rings. The number of rotatable bonds is 6. The van der Waals surface area contributed by atoms with Crippen LogP contribution in [0.3, 0.4) is 0 Å². The van der Waals surface area contributed by atoms with Crippen LogP contribution >= 0.6 is 11.3 Å². The molecule has 2 amide bonds. The first-order valence-electron chi connectivity index (χ1n) is 7.50. The first kappa shape index (κ1) is 15.9. The van der Waals surface area contributed by atoms with E-state index in [2.05, 4.69) is 15.6 Å². The summed E-state index contributed by atoms with van der Waals surface area (Å²) >= 11 is 1.36. The highest BCUT2D eigenvalue weighted by molar-refractivity contribution is 7.11. The van der Waals surface area contributed by atoms with Crippen molar-refractivity contribution >= 4 is 23.2 Å². The largest absolute Gasteiger partial charge is 0.356 e. The Labute approximate surface area is 129 Å². The second kappa shape index (κ2) is 6.56. The van der Waals surface area contributed by atoms with Gasteiger partial charge in [-0.15, -0.1) is 11.3 Å². The highest BCUT2D eigenvalue weighted by atomic mass is 32.1. The van der Waals surface area contributed by atoms with E-state index >= 15 is 0 Å². The fourth-order valence-corrected chi connectivity index (χ4v) is 3.46. The predicted molar refractivity (Wildman–Crippen MR) is 83.5 cm³/mol. The molecule has 0 aromatic carbocycles. The second-order valence-electron chi connectivity index (χ2n) is 5.90. The van der Waals surface area contributed by atoms with Gasteiger partial charge in [-0.2, -0.15) is 0 Å². The Kier molecular flexibility index (Phi) is 4.98. The number of aromatic nitrogens is 1. The summed E-state index contributed by atoms with van der Waals surface area (Å²) in [7, 11) is 0. The number of thiazole rings is 1. The molecule has 1 aromatic heterocycles. The Balaban J connectivity index is 2.00. The van der Waals surface area contributed by atoms with E-state index in [1.807, 2.05) is 20.8 Å². The zero-order chi connectivity index (χ0) is 15.5. The maximum absolute atomic E-state index is 12.3. The van der Waals surface area contributed by atoms with E-state index in [9.17, 15) is 9.59 Å². The lowest BCUT2D eigenvalue weighted by Gasteiger charge is -2.40. The van der Waals surface area contributed by atoms with E-state index in [1.54, 1.807) is 5.51 Å². The molecule has 1 saturated carbocycles. The van der Waals surface area contributed by atoms with E-state index in [4.69, 9.17) is 0 Å². The van der Waals surface area contributed by atoms with Crippen LogP contribution in [0.15, 0.2) is 5.51 Å². The molecule has 6 heteroatoms. The SMILES string of the molecule is CCNC(=O)C1(CNC(=O)c2scnc2C(C)C)CCC1. The van der Waals surface area contributed by atoms with Gasteiger partial charge in [0.05, 0.1) is 16.6 Å². The van der Waals surface area contributed by atoms with E-state index in [1.165, 1.54) is 11.3 Å². The average molecular weight is 309 g/mol. The molecule has 1 aliphatic rings. The molecule has 1 fully saturated rings. The number of carbonyl (C=O) groups excluding carboxylic acids is 2. The van der Waals surface area contributed by atoms with Crippen molar-refractivity contribution in [3.05, 3.63) is 16.1 Å². The molecule has 116 valence electrons. The van der Waals surface area contributed by atoms with Crippen LogP contribution < -0.4 is 10.6 Å². The van der Waals surface area contributed by atoms with Gasteiger partial charge < -0.3 is 10.6 Å². The van der Waals surface area contributed by atoms with Crippen LogP contribution in [-0.4, -0.2) is 29.9 Å². The van der Waals surface area contributed by atoms with Gasteiger partial charge in [0.2, 0.25) is 5.91 Å². The van der Waals surface area contributed by atoms with Crippen molar-refractivity contribution in [1.82, 2.24) is 15.6 Å². The molecule has 2 N–H and O–H groups in total. The van der Waals surface area contributed by atoms with Crippen LogP contribution in [0.5, 0.6) is 0 Å². The average Bonchev–Trinajstić information content (AvgIpc) is 2.86. The molecule has 1 aliphatic carbocycles. The molecule has 5 nitrogen and oxygen atoms in total. The summed E-state index contributed by atoms with van der Waals surface area (Å²) in [6.07, 6.45) is 2.74. The molecule has 21 heavy (non-hydrogen) atoms. The van der Waals surface area contributed by atoms with Crippen molar-refractivity contribution in [2.75, 3.05) is 13.1 Å². The van der Waals surface area contributed by atoms with Crippen molar-refractivity contribution < 1.29 is 9.59 Å². The van der Waals surface area contributed by atoms with E-state index in [0.717, 1.165) is 25.0 Å². The Hall–Kier alpha value is -1.43. The number of nitrogens with one attached hydrogen (secondary N) is 2. The third kappa shape index (κ3) is 3.26. The molecule has 0 aliphatic heterocycles. The van der Waals surface area contributed by atoms with Crippen LogP contribution in [0, 0.1) is 5.41 Å². The number of amides is 2. The smallest absolute Gasteiger partial charge is 0.263 e. The molecule has 0 atom stereocenters. The molecular formula is C15H23N3O2S. The molecule has 0 bridgehead atoms. The van der Waals surface area contributed by atoms with Crippen molar-refractivity contribution in [3.63, 3.8) is 0 Å². The summed E-state index contributed by atoms with van der Waals surface area (Å²) in [6, 6.07) is 0. The number of hydrogen-bond acceptors (Lipinski definition) is 4. The van der Waals surface area contributed by atoms with Crippen LogP contribution in [0.2, 0.25) is 0 Å². The molecule has 0 unspecified atom stereocenters. The van der Waals surface area contributed by atoms with Gasteiger partial charge in [0.25, 0.3) is 5.91 Å². The Bertz CT molecular complexity index is 521. The second-order valence-corrected chi connectivity index (χ2v) is 6.75. The van der Waals surface area contributed by atoms with Crippen LogP contribution in [0.1, 0.15) is 61.3 Å².